The first-order valence-corrected chi connectivity index (χ1v) is 13.5. The van der Waals surface area contributed by atoms with Crippen LogP contribution < -0.4 is 15.4 Å². The molecule has 188 valence electrons. The Kier molecular flexibility index (Phi) is 4.19. The van der Waals surface area contributed by atoms with Crippen LogP contribution >= 0.6 is 0 Å². The molecule has 0 radical (unpaired) electrons. The summed E-state index contributed by atoms with van der Waals surface area (Å²) in [6, 6.07) is 13.1. The third-order valence-electron chi connectivity index (χ3n) is 10.4. The van der Waals surface area contributed by atoms with Gasteiger partial charge in [-0.1, -0.05) is 36.4 Å². The third-order valence-corrected chi connectivity index (χ3v) is 10.4. The van der Waals surface area contributed by atoms with Crippen LogP contribution in [-0.2, 0) is 23.2 Å². The number of hydrogen-bond donors (Lipinski definition) is 4. The second-order valence-electron chi connectivity index (χ2n) is 12.1. The highest BCUT2D eigenvalue weighted by molar-refractivity contribution is 5.85. The van der Waals surface area contributed by atoms with Crippen LogP contribution in [0, 0.1) is 5.92 Å². The topological polar surface area (TPSA) is 94.1 Å². The average Bonchev–Trinajstić information content (AvgIpc) is 3.63. The quantitative estimate of drug-likeness (QED) is 0.516. The van der Waals surface area contributed by atoms with Gasteiger partial charge in [0.2, 0.25) is 5.91 Å². The standard InChI is InChI=1S/C29H33N3O4/c33-20-9-8-19-14-21-29-11-10-28(35,24(31-29)25(34)30-15-17-4-2-1-3-5-17)26-27(29,22(19)23(20)36-26)12-13-32(21)16-18-6-7-18/h1-5,8-9,18,21,24,26,31,33,35H,6-7,10-16H2,(H,30,34)/t21?,24-,26?,27?,28-,29-/m1/s1. The van der Waals surface area contributed by atoms with Crippen molar-refractivity contribution in [1.29, 1.82) is 0 Å². The molecule has 6 atom stereocenters. The van der Waals surface area contributed by atoms with Crippen molar-refractivity contribution in [2.24, 2.45) is 5.92 Å². The van der Waals surface area contributed by atoms with Crippen LogP contribution in [-0.4, -0.2) is 63.4 Å². The lowest BCUT2D eigenvalue weighted by Crippen LogP contribution is -2.92. The predicted octanol–water partition coefficient (Wildman–Crippen LogP) is 1.98. The lowest BCUT2D eigenvalue weighted by atomic mass is 9.41. The van der Waals surface area contributed by atoms with Crippen LogP contribution in [0.5, 0.6) is 11.5 Å². The van der Waals surface area contributed by atoms with Crippen LogP contribution in [0.25, 0.3) is 0 Å². The molecule has 3 unspecified atom stereocenters. The molecular formula is C29H33N3O4. The monoisotopic (exact) mass is 487 g/mol. The molecule has 36 heavy (non-hydrogen) atoms. The van der Waals surface area contributed by atoms with E-state index in [0.29, 0.717) is 18.7 Å². The van der Waals surface area contributed by atoms with E-state index >= 15 is 0 Å². The van der Waals surface area contributed by atoms with Gasteiger partial charge in [-0.3, -0.25) is 15.0 Å². The Bertz CT molecular complexity index is 1260. The summed E-state index contributed by atoms with van der Waals surface area (Å²) in [6.45, 7) is 2.48. The number of likely N-dealkylation sites (tertiary alicyclic amines) is 1. The van der Waals surface area contributed by atoms with Crippen molar-refractivity contribution in [2.75, 3.05) is 13.1 Å². The highest BCUT2D eigenvalue weighted by atomic mass is 16.5. The molecule has 7 nitrogen and oxygen atoms in total. The molecule has 4 N–H and O–H groups in total. The lowest BCUT2D eigenvalue weighted by molar-refractivity contribution is -0.231. The molecule has 0 aromatic heterocycles. The van der Waals surface area contributed by atoms with Gasteiger partial charge in [-0.25, -0.2) is 0 Å². The molecule has 2 aromatic carbocycles. The second-order valence-corrected chi connectivity index (χ2v) is 12.1. The number of nitrogens with one attached hydrogen (secondary N) is 2. The van der Waals surface area contributed by atoms with Gasteiger partial charge in [-0.2, -0.15) is 0 Å². The summed E-state index contributed by atoms with van der Waals surface area (Å²) < 4.78 is 6.57. The fourth-order valence-electron chi connectivity index (χ4n) is 8.73. The van der Waals surface area contributed by atoms with E-state index in [1.165, 1.54) is 18.4 Å². The number of carbonyl (C=O) groups excluding carboxylic acids is 1. The molecule has 5 fully saturated rings. The number of rotatable bonds is 5. The Labute approximate surface area is 210 Å². The van der Waals surface area contributed by atoms with Crippen LogP contribution in [0.1, 0.15) is 48.8 Å². The number of hydrogen-bond acceptors (Lipinski definition) is 6. The smallest absolute Gasteiger partial charge is 0.240 e. The minimum atomic E-state index is -1.36. The van der Waals surface area contributed by atoms with Crippen molar-refractivity contribution >= 4 is 5.91 Å². The number of aromatic hydroxyl groups is 1. The minimum Gasteiger partial charge on any atom is -0.504 e. The fraction of sp³-hybridized carbons (Fsp3) is 0.552. The molecular weight excluding hydrogens is 454 g/mol. The highest BCUT2D eigenvalue weighted by Gasteiger charge is 2.81. The zero-order valence-electron chi connectivity index (χ0n) is 20.4. The number of aliphatic hydroxyl groups is 1. The van der Waals surface area contributed by atoms with E-state index in [9.17, 15) is 15.0 Å². The molecule has 4 heterocycles. The lowest BCUT2D eigenvalue weighted by Gasteiger charge is -2.73. The second kappa shape index (κ2) is 7.03. The molecule has 7 heteroatoms. The Balaban J connectivity index is 1.23. The number of benzene rings is 2. The number of nitrogens with zero attached hydrogens (tertiary/aromatic N) is 1. The van der Waals surface area contributed by atoms with Gasteiger partial charge in [0.15, 0.2) is 11.5 Å². The Hall–Kier alpha value is -2.61. The number of carbonyl (C=O) groups is 1. The number of phenols is 1. The van der Waals surface area contributed by atoms with E-state index in [1.807, 2.05) is 30.3 Å². The summed E-state index contributed by atoms with van der Waals surface area (Å²) in [4.78, 5) is 16.4. The maximum Gasteiger partial charge on any atom is 0.240 e. The van der Waals surface area contributed by atoms with Crippen molar-refractivity contribution in [1.82, 2.24) is 15.5 Å². The molecule has 2 saturated carbocycles. The first-order chi connectivity index (χ1) is 17.5. The molecule has 4 bridgehead atoms. The number of fused-ring (bicyclic) bond motifs is 2. The molecule has 7 aliphatic rings. The van der Waals surface area contributed by atoms with Crippen LogP contribution in [0.4, 0.5) is 0 Å². The number of phenolic OH excluding ortho intramolecular Hbond substituents is 1. The maximum absolute atomic E-state index is 13.7. The summed E-state index contributed by atoms with van der Waals surface area (Å²) in [5.41, 5.74) is 1.16. The van der Waals surface area contributed by atoms with E-state index in [4.69, 9.17) is 4.74 Å². The average molecular weight is 488 g/mol. The van der Waals surface area contributed by atoms with E-state index in [0.717, 1.165) is 49.4 Å². The summed E-state index contributed by atoms with van der Waals surface area (Å²) in [5.74, 6) is 1.26. The Morgan fingerprint density at radius 3 is 2.78 bits per heavy atom. The maximum atomic E-state index is 13.7. The molecule has 4 aliphatic heterocycles. The summed E-state index contributed by atoms with van der Waals surface area (Å²) >= 11 is 0. The normalized spacial score (nSPS) is 39.4. The molecule has 3 saturated heterocycles. The van der Waals surface area contributed by atoms with Crippen molar-refractivity contribution in [3.05, 3.63) is 59.2 Å². The number of amides is 1. The third kappa shape index (κ3) is 2.51. The zero-order chi connectivity index (χ0) is 24.3. The van der Waals surface area contributed by atoms with Crippen molar-refractivity contribution in [3.63, 3.8) is 0 Å². The van der Waals surface area contributed by atoms with Gasteiger partial charge in [0.1, 0.15) is 17.7 Å². The van der Waals surface area contributed by atoms with Gasteiger partial charge in [-0.15, -0.1) is 0 Å². The Morgan fingerprint density at radius 2 is 1.97 bits per heavy atom. The fourth-order valence-corrected chi connectivity index (χ4v) is 8.73. The van der Waals surface area contributed by atoms with E-state index < -0.39 is 23.2 Å². The van der Waals surface area contributed by atoms with Crippen LogP contribution in [0.3, 0.4) is 0 Å². The minimum absolute atomic E-state index is 0.139. The summed E-state index contributed by atoms with van der Waals surface area (Å²) in [6.07, 6.45) is 5.09. The van der Waals surface area contributed by atoms with Crippen LogP contribution in [0.15, 0.2) is 42.5 Å². The largest absolute Gasteiger partial charge is 0.504 e. The molecule has 2 spiro atoms. The van der Waals surface area contributed by atoms with E-state index in [2.05, 4.69) is 21.6 Å². The van der Waals surface area contributed by atoms with Crippen molar-refractivity contribution < 1.29 is 19.7 Å². The molecule has 1 amide bonds. The predicted molar refractivity (Wildman–Crippen MR) is 133 cm³/mol. The number of piperidine rings is 3. The summed E-state index contributed by atoms with van der Waals surface area (Å²) in [7, 11) is 0. The van der Waals surface area contributed by atoms with Gasteiger partial charge in [0.25, 0.3) is 0 Å². The van der Waals surface area contributed by atoms with Gasteiger partial charge in [-0.05, 0) is 68.2 Å². The van der Waals surface area contributed by atoms with Gasteiger partial charge in [0, 0.05) is 30.2 Å². The first kappa shape index (κ1) is 21.5. The Morgan fingerprint density at radius 1 is 1.14 bits per heavy atom. The van der Waals surface area contributed by atoms with E-state index in [1.54, 1.807) is 6.07 Å². The molecule has 3 aliphatic carbocycles. The van der Waals surface area contributed by atoms with Gasteiger partial charge in [0.05, 0.1) is 5.41 Å². The first-order valence-electron chi connectivity index (χ1n) is 13.5. The van der Waals surface area contributed by atoms with Gasteiger partial charge < -0.3 is 20.3 Å². The highest BCUT2D eigenvalue weighted by Crippen LogP contribution is 2.69. The number of ether oxygens (including phenoxy) is 1. The zero-order valence-corrected chi connectivity index (χ0v) is 20.4. The molecule has 2 aromatic rings. The van der Waals surface area contributed by atoms with Gasteiger partial charge >= 0.3 is 0 Å². The van der Waals surface area contributed by atoms with E-state index in [-0.39, 0.29) is 23.2 Å². The SMILES string of the molecule is O=C(NCc1ccccc1)[C@H]1N[C@@]23CC[C@]1(O)C1Oc4c(O)ccc5c4C12CCN(CC1CC1)C3C5. The van der Waals surface area contributed by atoms with Crippen molar-refractivity contribution in [2.45, 2.75) is 79.8 Å². The summed E-state index contributed by atoms with van der Waals surface area (Å²) in [5, 5.41) is 30.0. The van der Waals surface area contributed by atoms with Crippen LogP contribution in [0.2, 0.25) is 0 Å². The van der Waals surface area contributed by atoms with Crippen molar-refractivity contribution in [3.8, 4) is 11.5 Å². The molecule has 9 rings (SSSR count).